The van der Waals surface area contributed by atoms with E-state index < -0.39 is 11.9 Å². The second kappa shape index (κ2) is 9.02. The molecule has 4 nitrogen and oxygen atoms in total. The van der Waals surface area contributed by atoms with Crippen LogP contribution < -0.4 is 0 Å². The monoisotopic (exact) mass is 244 g/mol. The van der Waals surface area contributed by atoms with Crippen LogP contribution in [0.15, 0.2) is 0 Å². The molecule has 0 saturated carbocycles. The number of hydrogen-bond acceptors (Lipinski definition) is 4. The molecule has 0 aromatic carbocycles. The van der Waals surface area contributed by atoms with Crippen molar-refractivity contribution in [3.63, 3.8) is 0 Å². The van der Waals surface area contributed by atoms with Gasteiger partial charge in [0, 0.05) is 0 Å². The number of hydrogen-bond donors (Lipinski definition) is 0. The Morgan fingerprint density at radius 3 is 2.24 bits per heavy atom. The van der Waals surface area contributed by atoms with E-state index >= 15 is 0 Å². The maximum absolute atomic E-state index is 11.4. The summed E-state index contributed by atoms with van der Waals surface area (Å²) < 4.78 is 10.1. The van der Waals surface area contributed by atoms with Crippen LogP contribution in [0.4, 0.5) is 0 Å². The van der Waals surface area contributed by atoms with E-state index in [1.54, 1.807) is 0 Å². The molecule has 17 heavy (non-hydrogen) atoms. The Morgan fingerprint density at radius 2 is 1.76 bits per heavy atom. The molecule has 0 bridgehead atoms. The lowest BCUT2D eigenvalue weighted by Gasteiger charge is -2.19. The number of ether oxygens (including phenoxy) is 2. The Hall–Kier alpha value is -1.06. The van der Waals surface area contributed by atoms with Gasteiger partial charge in [-0.05, 0) is 18.8 Å². The highest BCUT2D eigenvalue weighted by atomic mass is 16.6. The summed E-state index contributed by atoms with van der Waals surface area (Å²) in [5.41, 5.74) is 0. The fourth-order valence-electron chi connectivity index (χ4n) is 1.40. The van der Waals surface area contributed by atoms with Crippen LogP contribution in [0.3, 0.4) is 0 Å². The second-order valence-electron chi connectivity index (χ2n) is 4.43. The lowest BCUT2D eigenvalue weighted by atomic mass is 10.1. The summed E-state index contributed by atoms with van der Waals surface area (Å²) in [6.07, 6.45) is 2.14. The third-order valence-electron chi connectivity index (χ3n) is 2.48. The molecule has 4 heteroatoms. The maximum Gasteiger partial charge on any atom is 0.317 e. The number of unbranched alkanes of at least 4 members (excludes halogenated alkanes) is 1. The molecule has 0 aromatic rings. The van der Waals surface area contributed by atoms with Gasteiger partial charge in [0.05, 0.1) is 6.61 Å². The molecule has 0 aliphatic rings. The quantitative estimate of drug-likeness (QED) is 0.374. The molecular weight excluding hydrogens is 220 g/mol. The standard InChI is InChI=1S/C13H24O4/c1-5-7-8-16-12(14)9-13(15)17-11(6-2)10(3)4/h10-11H,5-9H2,1-4H3. The van der Waals surface area contributed by atoms with Gasteiger partial charge in [-0.15, -0.1) is 0 Å². The van der Waals surface area contributed by atoms with Crippen LogP contribution in [0.5, 0.6) is 0 Å². The van der Waals surface area contributed by atoms with Crippen molar-refractivity contribution in [3.8, 4) is 0 Å². The van der Waals surface area contributed by atoms with Crippen molar-refractivity contribution < 1.29 is 19.1 Å². The number of carbonyl (C=O) groups is 2. The maximum atomic E-state index is 11.4. The molecule has 0 rings (SSSR count). The first-order chi connectivity index (χ1) is 8.01. The number of carbonyl (C=O) groups excluding carboxylic acids is 2. The van der Waals surface area contributed by atoms with E-state index in [1.807, 2.05) is 27.7 Å². The van der Waals surface area contributed by atoms with Gasteiger partial charge in [-0.2, -0.15) is 0 Å². The first-order valence-corrected chi connectivity index (χ1v) is 6.36. The normalized spacial score (nSPS) is 12.3. The summed E-state index contributed by atoms with van der Waals surface area (Å²) in [4.78, 5) is 22.7. The minimum Gasteiger partial charge on any atom is -0.465 e. The Morgan fingerprint density at radius 1 is 1.12 bits per heavy atom. The molecule has 0 N–H and O–H groups in total. The van der Waals surface area contributed by atoms with E-state index in [0.717, 1.165) is 19.3 Å². The molecule has 0 saturated heterocycles. The largest absolute Gasteiger partial charge is 0.465 e. The second-order valence-corrected chi connectivity index (χ2v) is 4.43. The zero-order valence-corrected chi connectivity index (χ0v) is 11.3. The topological polar surface area (TPSA) is 52.6 Å². The SMILES string of the molecule is CCCCOC(=O)CC(=O)OC(CC)C(C)C. The van der Waals surface area contributed by atoms with E-state index in [4.69, 9.17) is 9.47 Å². The molecule has 0 aliphatic heterocycles. The molecule has 100 valence electrons. The third kappa shape index (κ3) is 7.77. The third-order valence-corrected chi connectivity index (χ3v) is 2.48. The highest BCUT2D eigenvalue weighted by Crippen LogP contribution is 2.11. The van der Waals surface area contributed by atoms with Gasteiger partial charge in [-0.3, -0.25) is 9.59 Å². The van der Waals surface area contributed by atoms with Crippen molar-refractivity contribution in [2.24, 2.45) is 5.92 Å². The van der Waals surface area contributed by atoms with Crippen LogP contribution in [0.25, 0.3) is 0 Å². The van der Waals surface area contributed by atoms with Gasteiger partial charge in [0.1, 0.15) is 12.5 Å². The summed E-state index contributed by atoms with van der Waals surface area (Å²) >= 11 is 0. The molecule has 0 amide bonds. The molecule has 0 radical (unpaired) electrons. The van der Waals surface area contributed by atoms with Gasteiger partial charge >= 0.3 is 11.9 Å². The lowest BCUT2D eigenvalue weighted by molar-refractivity contribution is -0.159. The van der Waals surface area contributed by atoms with E-state index in [-0.39, 0.29) is 18.4 Å². The fourth-order valence-corrected chi connectivity index (χ4v) is 1.40. The lowest BCUT2D eigenvalue weighted by Crippen LogP contribution is -2.24. The molecule has 1 atom stereocenters. The van der Waals surface area contributed by atoms with E-state index in [9.17, 15) is 9.59 Å². The molecule has 0 fully saturated rings. The Labute approximate surface area is 104 Å². The predicted molar refractivity (Wildman–Crippen MR) is 65.5 cm³/mol. The first-order valence-electron chi connectivity index (χ1n) is 6.36. The van der Waals surface area contributed by atoms with Crippen molar-refractivity contribution in [1.29, 1.82) is 0 Å². The molecule has 0 aromatic heterocycles. The Kier molecular flexibility index (Phi) is 8.46. The Bertz CT molecular complexity index is 236. The van der Waals surface area contributed by atoms with Crippen LogP contribution in [0.2, 0.25) is 0 Å². The van der Waals surface area contributed by atoms with Gasteiger partial charge in [0.15, 0.2) is 0 Å². The van der Waals surface area contributed by atoms with Crippen LogP contribution in [-0.4, -0.2) is 24.6 Å². The van der Waals surface area contributed by atoms with E-state index in [1.165, 1.54) is 0 Å². The summed E-state index contributed by atoms with van der Waals surface area (Å²) in [6, 6.07) is 0. The van der Waals surface area contributed by atoms with Crippen molar-refractivity contribution in [3.05, 3.63) is 0 Å². The van der Waals surface area contributed by atoms with Crippen LogP contribution in [0.1, 0.15) is 53.4 Å². The molecule has 0 heterocycles. The average Bonchev–Trinajstić information content (AvgIpc) is 2.25. The van der Waals surface area contributed by atoms with Gasteiger partial charge in [-0.25, -0.2) is 0 Å². The average molecular weight is 244 g/mol. The van der Waals surface area contributed by atoms with Crippen molar-refractivity contribution in [2.75, 3.05) is 6.61 Å². The summed E-state index contributed by atoms with van der Waals surface area (Å²) in [5.74, 6) is -0.728. The highest BCUT2D eigenvalue weighted by molar-refractivity contribution is 5.91. The van der Waals surface area contributed by atoms with E-state index in [2.05, 4.69) is 0 Å². The van der Waals surface area contributed by atoms with Crippen LogP contribution in [-0.2, 0) is 19.1 Å². The smallest absolute Gasteiger partial charge is 0.317 e. The summed E-state index contributed by atoms with van der Waals surface area (Å²) in [7, 11) is 0. The molecule has 1 unspecified atom stereocenters. The van der Waals surface area contributed by atoms with Crippen molar-refractivity contribution in [2.45, 2.75) is 59.5 Å². The van der Waals surface area contributed by atoms with Gasteiger partial charge < -0.3 is 9.47 Å². The minimum atomic E-state index is -0.498. The number of rotatable bonds is 8. The number of esters is 2. The van der Waals surface area contributed by atoms with Gasteiger partial charge in [0.25, 0.3) is 0 Å². The van der Waals surface area contributed by atoms with Gasteiger partial charge in [0.2, 0.25) is 0 Å². The summed E-state index contributed by atoms with van der Waals surface area (Å²) in [5, 5.41) is 0. The zero-order valence-electron chi connectivity index (χ0n) is 11.3. The molecular formula is C13H24O4. The van der Waals surface area contributed by atoms with Crippen LogP contribution in [0, 0.1) is 5.92 Å². The van der Waals surface area contributed by atoms with Crippen LogP contribution >= 0.6 is 0 Å². The fraction of sp³-hybridized carbons (Fsp3) is 0.846. The molecule has 0 spiro atoms. The van der Waals surface area contributed by atoms with E-state index in [0.29, 0.717) is 6.61 Å². The minimum absolute atomic E-state index is 0.119. The van der Waals surface area contributed by atoms with Gasteiger partial charge in [-0.1, -0.05) is 34.1 Å². The summed E-state index contributed by atoms with van der Waals surface area (Å²) in [6.45, 7) is 8.32. The highest BCUT2D eigenvalue weighted by Gasteiger charge is 2.19. The Balaban J connectivity index is 3.88. The zero-order chi connectivity index (χ0) is 13.3. The molecule has 0 aliphatic carbocycles. The van der Waals surface area contributed by atoms with Crippen molar-refractivity contribution >= 4 is 11.9 Å². The predicted octanol–water partition coefficient (Wildman–Crippen LogP) is 2.70. The van der Waals surface area contributed by atoms with Crippen molar-refractivity contribution in [1.82, 2.24) is 0 Å². The first kappa shape index (κ1) is 15.9.